The van der Waals surface area contributed by atoms with Crippen molar-refractivity contribution in [3.8, 4) is 0 Å². The van der Waals surface area contributed by atoms with Crippen LogP contribution in [0.2, 0.25) is 5.02 Å². The Labute approximate surface area is 121 Å². The maximum atomic E-state index is 11.9. The van der Waals surface area contributed by atoms with E-state index < -0.39 is 6.10 Å². The van der Waals surface area contributed by atoms with Crippen molar-refractivity contribution in [1.82, 2.24) is 5.32 Å². The van der Waals surface area contributed by atoms with E-state index in [1.165, 1.54) is 0 Å². The van der Waals surface area contributed by atoms with Gasteiger partial charge in [-0.25, -0.2) is 0 Å². The number of carbonyl (C=O) groups excluding carboxylic acids is 1. The Hall–Kier alpha value is -0.580. The van der Waals surface area contributed by atoms with Crippen LogP contribution in [0, 0.1) is 5.92 Å². The molecule has 1 aromatic rings. The van der Waals surface area contributed by atoms with Crippen molar-refractivity contribution in [2.24, 2.45) is 5.92 Å². The number of aliphatic hydroxyl groups is 1. The molecule has 18 heavy (non-hydrogen) atoms. The molecule has 0 fully saturated rings. The van der Waals surface area contributed by atoms with Crippen molar-refractivity contribution in [3.63, 3.8) is 0 Å². The van der Waals surface area contributed by atoms with Gasteiger partial charge < -0.3 is 10.4 Å². The molecule has 0 aliphatic carbocycles. The Morgan fingerprint density at radius 2 is 2.17 bits per heavy atom. The molecule has 1 amide bonds. The number of aliphatic hydroxyl groups excluding tert-OH is 1. The topological polar surface area (TPSA) is 49.3 Å². The maximum absolute atomic E-state index is 11.9. The summed E-state index contributed by atoms with van der Waals surface area (Å²) in [6.45, 7) is 4.28. The number of hydrogen-bond donors (Lipinski definition) is 2. The quantitative estimate of drug-likeness (QED) is 0.868. The van der Waals surface area contributed by atoms with Crippen LogP contribution in [0.25, 0.3) is 0 Å². The molecule has 1 atom stereocenters. The molecule has 3 nitrogen and oxygen atoms in total. The molecule has 0 aliphatic heterocycles. The van der Waals surface area contributed by atoms with Crippen molar-refractivity contribution in [1.29, 1.82) is 0 Å². The minimum absolute atomic E-state index is 0.236. The van der Waals surface area contributed by atoms with Gasteiger partial charge in [0.25, 0.3) is 5.91 Å². The van der Waals surface area contributed by atoms with E-state index in [1.54, 1.807) is 18.2 Å². The predicted octanol–water partition coefficient (Wildman–Crippen LogP) is 3.24. The number of rotatable bonds is 5. The van der Waals surface area contributed by atoms with Crippen LogP contribution in [0.15, 0.2) is 22.7 Å². The second kappa shape index (κ2) is 7.12. The Bertz CT molecular complexity index is 423. The van der Waals surface area contributed by atoms with Crippen molar-refractivity contribution < 1.29 is 9.90 Å². The first kappa shape index (κ1) is 15.5. The highest BCUT2D eigenvalue weighted by molar-refractivity contribution is 9.10. The van der Waals surface area contributed by atoms with Gasteiger partial charge in [0, 0.05) is 11.0 Å². The highest BCUT2D eigenvalue weighted by Crippen LogP contribution is 2.20. The molecule has 0 bridgehead atoms. The highest BCUT2D eigenvalue weighted by Gasteiger charge is 2.13. The van der Waals surface area contributed by atoms with E-state index >= 15 is 0 Å². The molecule has 2 N–H and O–H groups in total. The van der Waals surface area contributed by atoms with Crippen LogP contribution in [0.5, 0.6) is 0 Å². The Balaban J connectivity index is 2.58. The average Bonchev–Trinajstić information content (AvgIpc) is 2.28. The van der Waals surface area contributed by atoms with Gasteiger partial charge in [-0.3, -0.25) is 4.79 Å². The summed E-state index contributed by atoms with van der Waals surface area (Å²) in [4.78, 5) is 11.9. The third kappa shape index (κ3) is 4.96. The summed E-state index contributed by atoms with van der Waals surface area (Å²) in [6, 6.07) is 5.09. The fourth-order valence-corrected chi connectivity index (χ4v) is 2.17. The van der Waals surface area contributed by atoms with Crippen LogP contribution in [-0.2, 0) is 0 Å². The maximum Gasteiger partial charge on any atom is 0.252 e. The second-order valence-corrected chi connectivity index (χ2v) is 5.94. The molecule has 0 radical (unpaired) electrons. The lowest BCUT2D eigenvalue weighted by Crippen LogP contribution is -2.32. The molecule has 0 aromatic heterocycles. The molecule has 0 saturated heterocycles. The van der Waals surface area contributed by atoms with Gasteiger partial charge in [0.05, 0.1) is 16.7 Å². The molecule has 0 heterocycles. The minimum Gasteiger partial charge on any atom is -0.391 e. The van der Waals surface area contributed by atoms with Crippen LogP contribution in [0.1, 0.15) is 30.6 Å². The minimum atomic E-state index is -0.528. The third-order valence-electron chi connectivity index (χ3n) is 2.41. The first-order valence-corrected chi connectivity index (χ1v) is 6.98. The zero-order valence-corrected chi connectivity index (χ0v) is 12.8. The number of amides is 1. The Morgan fingerprint density at radius 3 is 2.78 bits per heavy atom. The van der Waals surface area contributed by atoms with Crippen LogP contribution in [0.4, 0.5) is 0 Å². The molecule has 5 heteroatoms. The molecule has 1 unspecified atom stereocenters. The molecule has 1 rings (SSSR count). The first-order valence-electron chi connectivity index (χ1n) is 5.81. The summed E-state index contributed by atoms with van der Waals surface area (Å²) in [5.74, 6) is 0.121. The molecular formula is C13H17BrClNO2. The zero-order chi connectivity index (χ0) is 13.7. The Kier molecular flexibility index (Phi) is 6.12. The molecule has 1 aromatic carbocycles. The smallest absolute Gasteiger partial charge is 0.252 e. The van der Waals surface area contributed by atoms with Gasteiger partial charge in [0.15, 0.2) is 0 Å². The second-order valence-electron chi connectivity index (χ2n) is 4.62. The Morgan fingerprint density at radius 1 is 1.50 bits per heavy atom. The normalized spacial score (nSPS) is 12.6. The van der Waals surface area contributed by atoms with Crippen LogP contribution >= 0.6 is 27.5 Å². The van der Waals surface area contributed by atoms with E-state index in [9.17, 15) is 9.90 Å². The van der Waals surface area contributed by atoms with E-state index in [2.05, 4.69) is 21.2 Å². The van der Waals surface area contributed by atoms with Crippen LogP contribution in [-0.4, -0.2) is 23.7 Å². The highest BCUT2D eigenvalue weighted by atomic mass is 79.9. The fraction of sp³-hybridized carbons (Fsp3) is 0.462. The average molecular weight is 335 g/mol. The molecular weight excluding hydrogens is 318 g/mol. The van der Waals surface area contributed by atoms with Gasteiger partial charge in [0.1, 0.15) is 0 Å². The van der Waals surface area contributed by atoms with Gasteiger partial charge in [-0.1, -0.05) is 41.4 Å². The number of carbonyl (C=O) groups is 1. The van der Waals surface area contributed by atoms with Gasteiger partial charge in [0.2, 0.25) is 0 Å². The van der Waals surface area contributed by atoms with Gasteiger partial charge in [-0.05, 0) is 30.5 Å². The fourth-order valence-electron chi connectivity index (χ4n) is 1.60. The van der Waals surface area contributed by atoms with Crippen LogP contribution in [0.3, 0.4) is 0 Å². The molecule has 0 aliphatic rings. The molecule has 100 valence electrons. The van der Waals surface area contributed by atoms with Gasteiger partial charge >= 0.3 is 0 Å². The lowest BCUT2D eigenvalue weighted by molar-refractivity contribution is 0.0900. The third-order valence-corrected chi connectivity index (χ3v) is 3.24. The summed E-state index contributed by atoms with van der Waals surface area (Å²) in [7, 11) is 0. The summed E-state index contributed by atoms with van der Waals surface area (Å²) >= 11 is 9.24. The van der Waals surface area contributed by atoms with E-state index in [0.29, 0.717) is 22.9 Å². The van der Waals surface area contributed by atoms with E-state index in [0.717, 1.165) is 4.47 Å². The largest absolute Gasteiger partial charge is 0.391 e. The standard InChI is InChI=1S/C13H17BrClNO2/c1-8(2)5-10(17)7-16-13(18)11-6-9(14)3-4-12(11)15/h3-4,6,8,10,17H,5,7H2,1-2H3,(H,16,18). The summed E-state index contributed by atoms with van der Waals surface area (Å²) < 4.78 is 0.791. The van der Waals surface area contributed by atoms with Gasteiger partial charge in [-0.2, -0.15) is 0 Å². The SMILES string of the molecule is CC(C)CC(O)CNC(=O)c1cc(Br)ccc1Cl. The lowest BCUT2D eigenvalue weighted by atomic mass is 10.1. The van der Waals surface area contributed by atoms with Gasteiger partial charge in [-0.15, -0.1) is 0 Å². The van der Waals surface area contributed by atoms with E-state index in [-0.39, 0.29) is 12.5 Å². The van der Waals surface area contributed by atoms with E-state index in [1.807, 2.05) is 13.8 Å². The lowest BCUT2D eigenvalue weighted by Gasteiger charge is -2.14. The van der Waals surface area contributed by atoms with Crippen molar-refractivity contribution in [2.75, 3.05) is 6.54 Å². The first-order chi connectivity index (χ1) is 8.40. The number of benzene rings is 1. The summed E-state index contributed by atoms with van der Waals surface area (Å²) in [5, 5.41) is 12.8. The van der Waals surface area contributed by atoms with Crippen molar-refractivity contribution >= 4 is 33.4 Å². The number of hydrogen-bond acceptors (Lipinski definition) is 2. The molecule has 0 saturated carbocycles. The summed E-state index contributed by atoms with van der Waals surface area (Å²) in [5.41, 5.74) is 0.405. The van der Waals surface area contributed by atoms with Crippen molar-refractivity contribution in [2.45, 2.75) is 26.4 Å². The monoisotopic (exact) mass is 333 g/mol. The summed E-state index contributed by atoms with van der Waals surface area (Å²) in [6.07, 6.45) is 0.131. The number of nitrogens with one attached hydrogen (secondary N) is 1. The van der Waals surface area contributed by atoms with Crippen LogP contribution < -0.4 is 5.32 Å². The number of halogens is 2. The van der Waals surface area contributed by atoms with E-state index in [4.69, 9.17) is 11.6 Å². The predicted molar refractivity (Wildman–Crippen MR) is 76.9 cm³/mol. The molecule has 0 spiro atoms. The zero-order valence-electron chi connectivity index (χ0n) is 10.4. The van der Waals surface area contributed by atoms with Crippen molar-refractivity contribution in [3.05, 3.63) is 33.3 Å².